The molecule has 3 aliphatic rings. The Kier molecular flexibility index (Phi) is 8.82. The maximum absolute atomic E-state index is 13.7. The van der Waals surface area contributed by atoms with Gasteiger partial charge in [-0.2, -0.15) is 0 Å². The fourth-order valence-corrected chi connectivity index (χ4v) is 5.73. The topological polar surface area (TPSA) is 133 Å². The molecular formula is C29H36N2O8. The van der Waals surface area contributed by atoms with E-state index in [1.54, 1.807) is 6.92 Å². The summed E-state index contributed by atoms with van der Waals surface area (Å²) in [5, 5.41) is 10.9. The highest BCUT2D eigenvalue weighted by Crippen LogP contribution is 2.57. The van der Waals surface area contributed by atoms with E-state index in [-0.39, 0.29) is 66.7 Å². The van der Waals surface area contributed by atoms with Crippen LogP contribution in [0.3, 0.4) is 0 Å². The van der Waals surface area contributed by atoms with E-state index in [1.807, 2.05) is 13.0 Å². The lowest BCUT2D eigenvalue weighted by Gasteiger charge is -2.27. The number of esters is 2. The third-order valence-electron chi connectivity index (χ3n) is 8.11. The van der Waals surface area contributed by atoms with Gasteiger partial charge in [0.2, 0.25) is 5.91 Å². The number of ether oxygens (including phenoxy) is 2. The highest BCUT2D eigenvalue weighted by Gasteiger charge is 2.61. The zero-order valence-corrected chi connectivity index (χ0v) is 22.5. The van der Waals surface area contributed by atoms with Crippen LogP contribution in [0.2, 0.25) is 0 Å². The number of fused-ring (bicyclic) bond motifs is 2. The molecule has 0 aromatic heterocycles. The van der Waals surface area contributed by atoms with Crippen LogP contribution >= 0.6 is 0 Å². The van der Waals surface area contributed by atoms with Gasteiger partial charge in [-0.25, -0.2) is 4.79 Å². The molecule has 4 rings (SSSR count). The van der Waals surface area contributed by atoms with Crippen LogP contribution in [0.5, 0.6) is 0 Å². The van der Waals surface area contributed by atoms with E-state index >= 15 is 0 Å². The fourth-order valence-electron chi connectivity index (χ4n) is 5.73. The molecule has 2 aliphatic heterocycles. The van der Waals surface area contributed by atoms with E-state index < -0.39 is 28.5 Å². The van der Waals surface area contributed by atoms with Gasteiger partial charge in [0.15, 0.2) is 5.78 Å². The van der Waals surface area contributed by atoms with Crippen LogP contribution in [-0.4, -0.2) is 58.7 Å². The molecular weight excluding hydrogens is 504 g/mol. The van der Waals surface area contributed by atoms with Gasteiger partial charge in [-0.3, -0.25) is 24.5 Å². The van der Waals surface area contributed by atoms with Crippen molar-refractivity contribution in [2.75, 3.05) is 13.2 Å². The van der Waals surface area contributed by atoms with Crippen molar-refractivity contribution in [3.05, 3.63) is 52.1 Å². The van der Waals surface area contributed by atoms with Gasteiger partial charge in [0.25, 0.3) is 5.69 Å². The summed E-state index contributed by atoms with van der Waals surface area (Å²) in [7, 11) is 0. The Morgan fingerprint density at radius 2 is 1.90 bits per heavy atom. The number of hydrogen-bond acceptors (Lipinski definition) is 8. The number of ketones is 1. The molecule has 10 nitrogen and oxygen atoms in total. The van der Waals surface area contributed by atoms with Gasteiger partial charge in [-0.05, 0) is 50.7 Å². The summed E-state index contributed by atoms with van der Waals surface area (Å²) in [6.45, 7) is 3.89. The number of nitro benzene ring substituents is 1. The molecule has 0 N–H and O–H groups in total. The zero-order valence-electron chi connectivity index (χ0n) is 22.5. The third kappa shape index (κ3) is 6.37. The molecule has 2 heterocycles. The van der Waals surface area contributed by atoms with Gasteiger partial charge in [-0.1, -0.05) is 31.9 Å². The molecule has 1 saturated heterocycles. The highest BCUT2D eigenvalue weighted by atomic mass is 16.6. The number of benzene rings is 1. The Morgan fingerprint density at radius 1 is 1.15 bits per heavy atom. The average molecular weight is 541 g/mol. The number of carbonyl (C=O) groups is 4. The van der Waals surface area contributed by atoms with Crippen LogP contribution in [-0.2, 0) is 23.9 Å². The smallest absolute Gasteiger partial charge is 0.338 e. The summed E-state index contributed by atoms with van der Waals surface area (Å²) in [6, 6.07) is 4.27. The lowest BCUT2D eigenvalue weighted by atomic mass is 9.91. The van der Waals surface area contributed by atoms with E-state index in [1.165, 1.54) is 29.2 Å². The summed E-state index contributed by atoms with van der Waals surface area (Å²) in [6.07, 6.45) is 8.47. The molecule has 2 fully saturated rings. The first-order chi connectivity index (χ1) is 18.7. The number of Topliss-reactive ketones (excluding diaryl/α,β-unsaturated/α-hetero) is 1. The zero-order chi connectivity index (χ0) is 28.2. The Labute approximate surface area is 227 Å². The predicted octanol–water partition coefficient (Wildman–Crippen LogP) is 4.41. The monoisotopic (exact) mass is 540 g/mol. The van der Waals surface area contributed by atoms with E-state index in [0.717, 1.165) is 25.7 Å². The Morgan fingerprint density at radius 3 is 2.59 bits per heavy atom. The fraction of sp³-hybridized carbons (Fsp3) is 0.586. The summed E-state index contributed by atoms with van der Waals surface area (Å²) < 4.78 is 11.0. The van der Waals surface area contributed by atoms with Crippen molar-refractivity contribution in [2.45, 2.75) is 77.4 Å². The van der Waals surface area contributed by atoms with Gasteiger partial charge in [0.05, 0.1) is 35.1 Å². The van der Waals surface area contributed by atoms with Crippen molar-refractivity contribution in [2.24, 2.45) is 17.3 Å². The Hall–Kier alpha value is -3.56. The third-order valence-corrected chi connectivity index (χ3v) is 8.11. The molecule has 1 aromatic carbocycles. The molecule has 210 valence electrons. The summed E-state index contributed by atoms with van der Waals surface area (Å²) in [4.78, 5) is 64.8. The van der Waals surface area contributed by atoms with Gasteiger partial charge in [0.1, 0.15) is 6.10 Å². The van der Waals surface area contributed by atoms with Crippen LogP contribution in [0.1, 0.15) is 75.6 Å². The molecule has 10 heteroatoms. The molecule has 1 amide bonds. The van der Waals surface area contributed by atoms with Crippen molar-refractivity contribution >= 4 is 29.3 Å². The van der Waals surface area contributed by atoms with E-state index in [4.69, 9.17) is 9.47 Å². The normalized spacial score (nSPS) is 30.3. The van der Waals surface area contributed by atoms with Crippen LogP contribution < -0.4 is 0 Å². The largest absolute Gasteiger partial charge is 0.466 e. The molecule has 5 atom stereocenters. The molecule has 39 heavy (non-hydrogen) atoms. The Bertz CT molecular complexity index is 1150. The maximum atomic E-state index is 13.7. The number of rotatable bonds is 5. The van der Waals surface area contributed by atoms with Crippen LogP contribution in [0, 0.1) is 27.4 Å². The van der Waals surface area contributed by atoms with Gasteiger partial charge in [-0.15, -0.1) is 0 Å². The summed E-state index contributed by atoms with van der Waals surface area (Å²) in [5.74, 6) is -1.83. The minimum Gasteiger partial charge on any atom is -0.466 e. The van der Waals surface area contributed by atoms with E-state index in [2.05, 4.69) is 6.08 Å². The lowest BCUT2D eigenvalue weighted by molar-refractivity contribution is -0.384. The van der Waals surface area contributed by atoms with Crippen molar-refractivity contribution in [1.29, 1.82) is 0 Å². The first kappa shape index (κ1) is 28.4. The first-order valence-electron chi connectivity index (χ1n) is 13.8. The molecule has 1 aromatic rings. The second-order valence-corrected chi connectivity index (χ2v) is 10.9. The number of nitrogens with zero attached hydrogens (tertiary/aromatic N) is 2. The summed E-state index contributed by atoms with van der Waals surface area (Å²) in [5.41, 5.74) is -0.922. The number of non-ortho nitro benzene ring substituents is 1. The van der Waals surface area contributed by atoms with Crippen LogP contribution in [0.4, 0.5) is 5.69 Å². The van der Waals surface area contributed by atoms with Crippen LogP contribution in [0.15, 0.2) is 36.4 Å². The highest BCUT2D eigenvalue weighted by molar-refractivity contribution is 5.95. The van der Waals surface area contributed by atoms with Crippen molar-refractivity contribution < 1.29 is 33.6 Å². The average Bonchev–Trinajstić information content (AvgIpc) is 3.44. The van der Waals surface area contributed by atoms with Crippen LogP contribution in [0.25, 0.3) is 0 Å². The number of allylic oxidation sites excluding steroid dienone is 2. The molecule has 0 unspecified atom stereocenters. The number of carbonyl (C=O) groups excluding carboxylic acids is 4. The SMILES string of the molecule is CCOC(=O)[C@]12CC(=O)[C@@H]3C[C@@H](OC(=O)c4ccc([N+](=O)[O-])cc4)CN3C(=O)[C@@H](C)CCCCC/C=C\[C@@H]1C2. The maximum Gasteiger partial charge on any atom is 0.338 e. The van der Waals surface area contributed by atoms with E-state index in [9.17, 15) is 29.3 Å². The minimum absolute atomic E-state index is 0.0350. The standard InChI is InChI=1S/C29H36N2O8/c1-3-38-28(35)29-16-21(29)10-8-6-4-5-7-9-19(2)26(33)30-18-23(15-24(30)25(32)17-29)39-27(34)20-11-13-22(14-12-20)31(36)37/h8,10-14,19,21,23-24H,3-7,9,15-18H2,1-2H3/b10-8-/t19-,21+,23+,24-,29+/m0/s1. The molecule has 0 radical (unpaired) electrons. The predicted molar refractivity (Wildman–Crippen MR) is 141 cm³/mol. The second-order valence-electron chi connectivity index (χ2n) is 10.9. The van der Waals surface area contributed by atoms with Crippen molar-refractivity contribution in [1.82, 2.24) is 4.90 Å². The number of amides is 1. The second kappa shape index (κ2) is 12.1. The first-order valence-corrected chi connectivity index (χ1v) is 13.8. The number of hydrogen-bond donors (Lipinski definition) is 0. The number of nitro groups is 1. The van der Waals surface area contributed by atoms with E-state index in [0.29, 0.717) is 12.8 Å². The van der Waals surface area contributed by atoms with Gasteiger partial charge in [0, 0.05) is 30.9 Å². The Balaban J connectivity index is 1.54. The quantitative estimate of drug-likeness (QED) is 0.232. The molecule has 0 spiro atoms. The molecule has 0 bridgehead atoms. The van der Waals surface area contributed by atoms with Crippen molar-refractivity contribution in [3.8, 4) is 0 Å². The van der Waals surface area contributed by atoms with Crippen molar-refractivity contribution in [3.63, 3.8) is 0 Å². The minimum atomic E-state index is -0.919. The molecule has 1 saturated carbocycles. The van der Waals surface area contributed by atoms with Gasteiger partial charge >= 0.3 is 11.9 Å². The lowest BCUT2D eigenvalue weighted by Crippen LogP contribution is -2.44. The molecule has 1 aliphatic carbocycles. The summed E-state index contributed by atoms with van der Waals surface area (Å²) >= 11 is 0. The van der Waals surface area contributed by atoms with Gasteiger partial charge < -0.3 is 14.4 Å².